The third-order valence-electron chi connectivity index (χ3n) is 7.28. The van der Waals surface area contributed by atoms with E-state index in [1.807, 2.05) is 0 Å². The summed E-state index contributed by atoms with van der Waals surface area (Å²) in [5, 5.41) is 0.0163. The van der Waals surface area contributed by atoms with Crippen molar-refractivity contribution < 1.29 is 35.1 Å². The summed E-state index contributed by atoms with van der Waals surface area (Å²) in [5.74, 6) is -2.76. The highest BCUT2D eigenvalue weighted by Gasteiger charge is 2.59. The van der Waals surface area contributed by atoms with Crippen LogP contribution in [0, 0.1) is 17.6 Å². The molecule has 0 unspecified atom stereocenters. The lowest BCUT2D eigenvalue weighted by Gasteiger charge is -2.48. The normalized spacial score (nSPS) is 26.1. The molecule has 0 bridgehead atoms. The zero-order chi connectivity index (χ0) is 25.7. The van der Waals surface area contributed by atoms with Crippen molar-refractivity contribution in [2.75, 3.05) is 19.8 Å². The summed E-state index contributed by atoms with van der Waals surface area (Å²) in [4.78, 5) is -0.0396. The van der Waals surface area contributed by atoms with Gasteiger partial charge in [0, 0.05) is 17.5 Å². The minimum atomic E-state index is -4.22. The standard InChI is InChI=1S/C24H26ClF2NO6S2/c25-16-1-3-18(4-2-16)35(29,30)24-10-9-17(33-12-11-28-36(31,32)19-5-6-19)13-15(24)14-34-23-21(27)8-7-20(26)22(23)24/h1-4,7-8,15,17,19,28H,5-6,9-14H2/t15-,17-,24+/m1/s1. The SMILES string of the molecule is O=S(=O)(NCCO[C@@H]1CC[C@@]2(S(=O)(=O)c3ccc(Cl)cc3)c3c(F)ccc(F)c3OC[C@H]2C1)C1CC1. The molecule has 2 aromatic carbocycles. The first-order valence-electron chi connectivity index (χ1n) is 11.8. The first-order chi connectivity index (χ1) is 17.1. The molecule has 2 fully saturated rings. The lowest BCUT2D eigenvalue weighted by Crippen LogP contribution is -2.53. The lowest BCUT2D eigenvalue weighted by atomic mass is 9.72. The fourth-order valence-electron chi connectivity index (χ4n) is 5.36. The van der Waals surface area contributed by atoms with Gasteiger partial charge in [0.15, 0.2) is 21.4 Å². The van der Waals surface area contributed by atoms with Crippen LogP contribution in [0.5, 0.6) is 5.75 Å². The Kier molecular flexibility index (Phi) is 6.82. The number of ether oxygens (including phenoxy) is 2. The third-order valence-corrected chi connectivity index (χ3v) is 12.1. The first-order valence-corrected chi connectivity index (χ1v) is 15.2. The van der Waals surface area contributed by atoms with E-state index in [1.165, 1.54) is 24.3 Å². The Bertz CT molecular complexity index is 1370. The third kappa shape index (κ3) is 4.42. The second kappa shape index (κ2) is 9.50. The second-order valence-corrected chi connectivity index (χ2v) is 14.2. The molecular formula is C24H26ClF2NO6S2. The lowest BCUT2D eigenvalue weighted by molar-refractivity contribution is -0.0129. The highest BCUT2D eigenvalue weighted by atomic mass is 35.5. The molecule has 2 aliphatic carbocycles. The molecule has 2 aromatic rings. The minimum absolute atomic E-state index is 0.0160. The Balaban J connectivity index is 1.43. The molecule has 7 nitrogen and oxygen atoms in total. The van der Waals surface area contributed by atoms with Gasteiger partial charge in [-0.05, 0) is 68.5 Å². The van der Waals surface area contributed by atoms with E-state index in [2.05, 4.69) is 4.72 Å². The average molecular weight is 562 g/mol. The maximum absolute atomic E-state index is 15.3. The van der Waals surface area contributed by atoms with Crippen LogP contribution in [0.1, 0.15) is 37.7 Å². The van der Waals surface area contributed by atoms with Crippen molar-refractivity contribution in [3.63, 3.8) is 0 Å². The summed E-state index contributed by atoms with van der Waals surface area (Å²) < 4.78 is 94.4. The van der Waals surface area contributed by atoms with Crippen LogP contribution in [-0.2, 0) is 29.3 Å². The zero-order valence-corrected chi connectivity index (χ0v) is 21.6. The molecular weight excluding hydrogens is 536 g/mol. The molecule has 0 saturated heterocycles. The summed E-state index contributed by atoms with van der Waals surface area (Å²) in [6.07, 6.45) is 1.38. The van der Waals surface area contributed by atoms with E-state index < -0.39 is 48.3 Å². The molecule has 5 rings (SSSR count). The van der Waals surface area contributed by atoms with E-state index in [1.54, 1.807) is 0 Å². The minimum Gasteiger partial charge on any atom is -0.490 e. The number of nitrogens with one attached hydrogen (secondary N) is 1. The average Bonchev–Trinajstić information content (AvgIpc) is 3.70. The number of sulfonamides is 1. The summed E-state index contributed by atoms with van der Waals surface area (Å²) in [6.45, 7) is 0.0858. The topological polar surface area (TPSA) is 98.8 Å². The van der Waals surface area contributed by atoms with Crippen LogP contribution in [0.15, 0.2) is 41.3 Å². The van der Waals surface area contributed by atoms with Gasteiger partial charge in [0.2, 0.25) is 10.0 Å². The van der Waals surface area contributed by atoms with Gasteiger partial charge in [0.05, 0.1) is 35.0 Å². The van der Waals surface area contributed by atoms with Gasteiger partial charge in [-0.3, -0.25) is 0 Å². The highest BCUT2D eigenvalue weighted by Crippen LogP contribution is 2.56. The number of fused-ring (bicyclic) bond motifs is 3. The van der Waals surface area contributed by atoms with Crippen molar-refractivity contribution in [2.45, 2.75) is 53.1 Å². The molecule has 36 heavy (non-hydrogen) atoms. The summed E-state index contributed by atoms with van der Waals surface area (Å²) in [5.41, 5.74) is -0.288. The molecule has 1 N–H and O–H groups in total. The van der Waals surface area contributed by atoms with Gasteiger partial charge in [0.25, 0.3) is 0 Å². The maximum Gasteiger partial charge on any atom is 0.214 e. The predicted octanol–water partition coefficient (Wildman–Crippen LogP) is 3.95. The van der Waals surface area contributed by atoms with Crippen molar-refractivity contribution in [3.8, 4) is 5.75 Å². The quantitative estimate of drug-likeness (QED) is 0.490. The Morgan fingerprint density at radius 1 is 1.03 bits per heavy atom. The molecule has 0 amide bonds. The van der Waals surface area contributed by atoms with Crippen LogP contribution in [0.25, 0.3) is 0 Å². The number of benzene rings is 2. The van der Waals surface area contributed by atoms with E-state index in [4.69, 9.17) is 21.1 Å². The Labute approximate surface area is 214 Å². The molecule has 196 valence electrons. The van der Waals surface area contributed by atoms with Crippen LogP contribution in [0.2, 0.25) is 5.02 Å². The Morgan fingerprint density at radius 2 is 1.72 bits per heavy atom. The molecule has 0 spiro atoms. The molecule has 0 radical (unpaired) electrons. The number of hydrogen-bond acceptors (Lipinski definition) is 6. The Hall–Kier alpha value is -1.79. The Morgan fingerprint density at radius 3 is 2.42 bits per heavy atom. The number of halogens is 3. The van der Waals surface area contributed by atoms with Gasteiger partial charge >= 0.3 is 0 Å². The van der Waals surface area contributed by atoms with Crippen molar-refractivity contribution >= 4 is 31.5 Å². The summed E-state index contributed by atoms with van der Waals surface area (Å²) in [6, 6.07) is 7.47. The van der Waals surface area contributed by atoms with Gasteiger partial charge in [-0.15, -0.1) is 0 Å². The smallest absolute Gasteiger partial charge is 0.214 e. The predicted molar refractivity (Wildman–Crippen MR) is 129 cm³/mol. The number of sulfone groups is 1. The van der Waals surface area contributed by atoms with Gasteiger partial charge in [-0.2, -0.15) is 0 Å². The van der Waals surface area contributed by atoms with Gasteiger partial charge in [-0.1, -0.05) is 11.6 Å². The maximum atomic E-state index is 15.3. The highest BCUT2D eigenvalue weighted by molar-refractivity contribution is 7.92. The monoisotopic (exact) mass is 561 g/mol. The van der Waals surface area contributed by atoms with E-state index in [0.29, 0.717) is 17.9 Å². The van der Waals surface area contributed by atoms with Gasteiger partial charge < -0.3 is 9.47 Å². The van der Waals surface area contributed by atoms with Crippen LogP contribution in [0.3, 0.4) is 0 Å². The molecule has 2 saturated carbocycles. The summed E-state index contributed by atoms with van der Waals surface area (Å²) >= 11 is 5.95. The largest absolute Gasteiger partial charge is 0.490 e. The van der Waals surface area contributed by atoms with Crippen molar-refractivity contribution in [3.05, 3.63) is 58.6 Å². The van der Waals surface area contributed by atoms with Crippen molar-refractivity contribution in [1.29, 1.82) is 0 Å². The summed E-state index contributed by atoms with van der Waals surface area (Å²) in [7, 11) is -7.55. The van der Waals surface area contributed by atoms with E-state index in [0.717, 1.165) is 12.1 Å². The molecule has 12 heteroatoms. The number of rotatable bonds is 8. The van der Waals surface area contributed by atoms with Crippen LogP contribution >= 0.6 is 11.6 Å². The van der Waals surface area contributed by atoms with Crippen LogP contribution < -0.4 is 9.46 Å². The molecule has 1 aliphatic heterocycles. The first kappa shape index (κ1) is 25.8. The van der Waals surface area contributed by atoms with Gasteiger partial charge in [-0.25, -0.2) is 30.3 Å². The van der Waals surface area contributed by atoms with Crippen molar-refractivity contribution in [2.24, 2.45) is 5.92 Å². The van der Waals surface area contributed by atoms with Gasteiger partial charge in [0.1, 0.15) is 10.6 Å². The fourth-order valence-corrected chi connectivity index (χ4v) is 9.21. The fraction of sp³-hybridized carbons (Fsp3) is 0.500. The molecule has 1 heterocycles. The number of hydrogen-bond donors (Lipinski definition) is 1. The molecule has 3 aliphatic rings. The van der Waals surface area contributed by atoms with E-state index in [9.17, 15) is 21.2 Å². The molecule has 3 atom stereocenters. The molecule has 0 aromatic heterocycles. The van der Waals surface area contributed by atoms with E-state index >= 15 is 4.39 Å². The van der Waals surface area contributed by atoms with Crippen LogP contribution in [-0.4, -0.2) is 47.9 Å². The zero-order valence-electron chi connectivity index (χ0n) is 19.3. The van der Waals surface area contributed by atoms with Crippen molar-refractivity contribution in [1.82, 2.24) is 4.72 Å². The van der Waals surface area contributed by atoms with Crippen LogP contribution in [0.4, 0.5) is 8.78 Å². The second-order valence-electron chi connectivity index (χ2n) is 9.49. The van der Waals surface area contributed by atoms with E-state index in [-0.39, 0.29) is 60.5 Å².